The maximum absolute atomic E-state index is 12.9. The van der Waals surface area contributed by atoms with Gasteiger partial charge in [-0.15, -0.1) is 0 Å². The molecule has 2 N–H and O–H groups in total. The van der Waals surface area contributed by atoms with E-state index in [1.165, 1.54) is 0 Å². The SMILES string of the molecule is O=C(Nc1ccc2c(cnn2-c2ccc(NC(=O)N3CCOCC3)cc2)c1)c1ccc(N2CCOCC2)cc1. The second-order valence-corrected chi connectivity index (χ2v) is 9.51. The number of morpholine rings is 2. The number of carbonyl (C=O) groups is 2. The first-order valence-corrected chi connectivity index (χ1v) is 13.1. The van der Waals surface area contributed by atoms with Crippen molar-refractivity contribution in [1.29, 1.82) is 0 Å². The van der Waals surface area contributed by atoms with Crippen LogP contribution in [0.3, 0.4) is 0 Å². The molecule has 200 valence electrons. The number of nitrogens with one attached hydrogen (secondary N) is 2. The summed E-state index contributed by atoms with van der Waals surface area (Å²) in [5, 5.41) is 11.4. The fraction of sp³-hybridized carbons (Fsp3) is 0.276. The molecule has 39 heavy (non-hydrogen) atoms. The van der Waals surface area contributed by atoms with Crippen LogP contribution >= 0.6 is 0 Å². The number of fused-ring (bicyclic) bond motifs is 1. The van der Waals surface area contributed by atoms with Gasteiger partial charge in [-0.1, -0.05) is 0 Å². The zero-order chi connectivity index (χ0) is 26.6. The Hall–Kier alpha value is -4.41. The highest BCUT2D eigenvalue weighted by molar-refractivity contribution is 6.05. The van der Waals surface area contributed by atoms with E-state index in [1.807, 2.05) is 71.4 Å². The van der Waals surface area contributed by atoms with Crippen molar-refractivity contribution in [1.82, 2.24) is 14.7 Å². The average molecular weight is 527 g/mol. The highest BCUT2D eigenvalue weighted by Crippen LogP contribution is 2.24. The number of amides is 3. The van der Waals surface area contributed by atoms with Crippen LogP contribution in [0.4, 0.5) is 21.9 Å². The van der Waals surface area contributed by atoms with Crippen LogP contribution < -0.4 is 15.5 Å². The molecular formula is C29H30N6O4. The minimum Gasteiger partial charge on any atom is -0.378 e. The van der Waals surface area contributed by atoms with Gasteiger partial charge in [-0.25, -0.2) is 9.48 Å². The molecule has 0 aliphatic carbocycles. The molecule has 2 fully saturated rings. The second-order valence-electron chi connectivity index (χ2n) is 9.51. The van der Waals surface area contributed by atoms with Crippen LogP contribution in [0.25, 0.3) is 16.6 Å². The fourth-order valence-corrected chi connectivity index (χ4v) is 4.82. The van der Waals surface area contributed by atoms with E-state index in [0.717, 1.165) is 54.3 Å². The Morgan fingerprint density at radius 2 is 1.36 bits per heavy atom. The van der Waals surface area contributed by atoms with Crippen LogP contribution in [0.2, 0.25) is 0 Å². The molecule has 1 aromatic heterocycles. The summed E-state index contributed by atoms with van der Waals surface area (Å²) in [4.78, 5) is 29.3. The lowest BCUT2D eigenvalue weighted by Gasteiger charge is -2.28. The highest BCUT2D eigenvalue weighted by atomic mass is 16.5. The molecule has 10 heteroatoms. The summed E-state index contributed by atoms with van der Waals surface area (Å²) in [6, 6.07) is 20.8. The first kappa shape index (κ1) is 24.9. The Bertz CT molecular complexity index is 1460. The Labute approximate surface area is 226 Å². The maximum Gasteiger partial charge on any atom is 0.321 e. The normalized spacial score (nSPS) is 15.8. The molecule has 0 saturated carbocycles. The third-order valence-electron chi connectivity index (χ3n) is 6.99. The van der Waals surface area contributed by atoms with Crippen LogP contribution in [0, 0.1) is 0 Å². The zero-order valence-corrected chi connectivity index (χ0v) is 21.5. The molecular weight excluding hydrogens is 496 g/mol. The standard InChI is InChI=1S/C29H30N6O4/c36-28(21-1-6-25(7-2-21)33-11-15-38-16-12-33)31-24-5-10-27-22(19-24)20-30-35(27)26-8-3-23(4-9-26)32-29(37)34-13-17-39-18-14-34/h1-10,19-20H,11-18H2,(H,31,36)(H,32,37). The Kier molecular flexibility index (Phi) is 7.11. The molecule has 3 aromatic carbocycles. The number of hydrogen-bond acceptors (Lipinski definition) is 6. The number of anilines is 3. The molecule has 2 aliphatic rings. The molecule has 0 unspecified atom stereocenters. The van der Waals surface area contributed by atoms with Crippen LogP contribution in [0.15, 0.2) is 72.9 Å². The first-order chi connectivity index (χ1) is 19.1. The van der Waals surface area contributed by atoms with E-state index >= 15 is 0 Å². The van der Waals surface area contributed by atoms with E-state index in [1.54, 1.807) is 11.1 Å². The largest absolute Gasteiger partial charge is 0.378 e. The molecule has 4 aromatic rings. The number of hydrogen-bond donors (Lipinski definition) is 2. The second kappa shape index (κ2) is 11.1. The van der Waals surface area contributed by atoms with Gasteiger partial charge in [0.25, 0.3) is 5.91 Å². The van der Waals surface area contributed by atoms with Crippen molar-refractivity contribution >= 4 is 39.9 Å². The van der Waals surface area contributed by atoms with Gasteiger partial charge < -0.3 is 29.9 Å². The predicted molar refractivity (Wildman–Crippen MR) is 150 cm³/mol. The van der Waals surface area contributed by atoms with Crippen LogP contribution in [-0.4, -0.2) is 79.2 Å². The van der Waals surface area contributed by atoms with Crippen molar-refractivity contribution in [3.8, 4) is 5.69 Å². The smallest absolute Gasteiger partial charge is 0.321 e. The van der Waals surface area contributed by atoms with Gasteiger partial charge in [0.2, 0.25) is 0 Å². The van der Waals surface area contributed by atoms with Gasteiger partial charge in [0, 0.05) is 54.2 Å². The van der Waals surface area contributed by atoms with Gasteiger partial charge >= 0.3 is 6.03 Å². The maximum atomic E-state index is 12.9. The minimum atomic E-state index is -0.162. The number of nitrogens with zero attached hydrogens (tertiary/aromatic N) is 4. The molecule has 0 spiro atoms. The van der Waals surface area contributed by atoms with E-state index in [0.29, 0.717) is 37.6 Å². The summed E-state index contributed by atoms with van der Waals surface area (Å²) >= 11 is 0. The molecule has 2 saturated heterocycles. The minimum absolute atomic E-state index is 0.127. The Morgan fingerprint density at radius 3 is 2.08 bits per heavy atom. The summed E-state index contributed by atoms with van der Waals surface area (Å²) in [6.07, 6.45) is 1.77. The van der Waals surface area contributed by atoms with Crippen molar-refractivity contribution in [3.05, 3.63) is 78.5 Å². The molecule has 0 bridgehead atoms. The van der Waals surface area contributed by atoms with Crippen molar-refractivity contribution in [2.24, 2.45) is 0 Å². The van der Waals surface area contributed by atoms with Crippen molar-refractivity contribution in [2.75, 3.05) is 68.1 Å². The monoisotopic (exact) mass is 526 g/mol. The molecule has 3 heterocycles. The summed E-state index contributed by atoms with van der Waals surface area (Å²) in [5.41, 5.74) is 4.89. The summed E-state index contributed by atoms with van der Waals surface area (Å²) in [6.45, 7) is 5.46. The van der Waals surface area contributed by atoms with Gasteiger partial charge in [0.1, 0.15) is 0 Å². The lowest BCUT2D eigenvalue weighted by molar-refractivity contribution is 0.0564. The van der Waals surface area contributed by atoms with Crippen LogP contribution in [0.5, 0.6) is 0 Å². The lowest BCUT2D eigenvalue weighted by Crippen LogP contribution is -2.43. The van der Waals surface area contributed by atoms with Gasteiger partial charge in [-0.2, -0.15) is 5.10 Å². The van der Waals surface area contributed by atoms with Crippen molar-refractivity contribution in [2.45, 2.75) is 0 Å². The molecule has 3 amide bonds. The number of rotatable bonds is 5. The van der Waals surface area contributed by atoms with E-state index in [-0.39, 0.29) is 11.9 Å². The number of urea groups is 1. The van der Waals surface area contributed by atoms with Gasteiger partial charge in [0.05, 0.1) is 43.8 Å². The van der Waals surface area contributed by atoms with Crippen molar-refractivity contribution < 1.29 is 19.1 Å². The van der Waals surface area contributed by atoms with Gasteiger partial charge in [-0.05, 0) is 66.7 Å². The molecule has 0 radical (unpaired) electrons. The average Bonchev–Trinajstić information content (AvgIpc) is 3.42. The molecule has 10 nitrogen and oxygen atoms in total. The third kappa shape index (κ3) is 5.57. The van der Waals surface area contributed by atoms with E-state index < -0.39 is 0 Å². The highest BCUT2D eigenvalue weighted by Gasteiger charge is 2.17. The Balaban J connectivity index is 1.11. The quantitative estimate of drug-likeness (QED) is 0.408. The van der Waals surface area contributed by atoms with E-state index in [2.05, 4.69) is 20.6 Å². The first-order valence-electron chi connectivity index (χ1n) is 13.1. The number of carbonyl (C=O) groups excluding carboxylic acids is 2. The number of benzene rings is 3. The zero-order valence-electron chi connectivity index (χ0n) is 21.5. The van der Waals surface area contributed by atoms with Crippen LogP contribution in [0.1, 0.15) is 10.4 Å². The van der Waals surface area contributed by atoms with Crippen LogP contribution in [-0.2, 0) is 9.47 Å². The van der Waals surface area contributed by atoms with Crippen molar-refractivity contribution in [3.63, 3.8) is 0 Å². The van der Waals surface area contributed by atoms with Gasteiger partial charge in [-0.3, -0.25) is 4.79 Å². The lowest BCUT2D eigenvalue weighted by atomic mass is 10.1. The Morgan fingerprint density at radius 1 is 0.718 bits per heavy atom. The predicted octanol–water partition coefficient (Wildman–Crippen LogP) is 3.98. The topological polar surface area (TPSA) is 101 Å². The number of ether oxygens (including phenoxy) is 2. The summed E-state index contributed by atoms with van der Waals surface area (Å²) in [7, 11) is 0. The fourth-order valence-electron chi connectivity index (χ4n) is 4.82. The summed E-state index contributed by atoms with van der Waals surface area (Å²) in [5.74, 6) is -0.162. The molecule has 6 rings (SSSR count). The van der Waals surface area contributed by atoms with Gasteiger partial charge in [0.15, 0.2) is 0 Å². The molecule has 0 atom stereocenters. The number of aromatic nitrogens is 2. The third-order valence-corrected chi connectivity index (χ3v) is 6.99. The summed E-state index contributed by atoms with van der Waals surface area (Å²) < 4.78 is 12.6. The van der Waals surface area contributed by atoms with E-state index in [9.17, 15) is 9.59 Å². The molecule has 2 aliphatic heterocycles. The van der Waals surface area contributed by atoms with E-state index in [4.69, 9.17) is 9.47 Å².